The number of nitrogens with zero attached hydrogens (tertiary/aromatic N) is 1. The Morgan fingerprint density at radius 3 is 2.63 bits per heavy atom. The second-order valence-electron chi connectivity index (χ2n) is 6.16. The Labute approximate surface area is 117 Å². The van der Waals surface area contributed by atoms with E-state index in [2.05, 4.69) is 22.5 Å². The van der Waals surface area contributed by atoms with Crippen molar-refractivity contribution in [1.29, 1.82) is 0 Å². The Balaban J connectivity index is 1.72. The number of hydrogen-bond acceptors (Lipinski definition) is 3. The smallest absolute Gasteiger partial charge is 0.222 e. The van der Waals surface area contributed by atoms with Gasteiger partial charge in [-0.05, 0) is 58.7 Å². The van der Waals surface area contributed by atoms with Crippen LogP contribution in [0.15, 0.2) is 0 Å². The molecular formula is C15H29N3O. The molecule has 0 aromatic carbocycles. The maximum atomic E-state index is 11.6. The molecule has 0 aliphatic carbocycles. The van der Waals surface area contributed by atoms with Gasteiger partial charge in [0, 0.05) is 25.0 Å². The number of hydrogen-bond donors (Lipinski definition) is 2. The molecule has 2 atom stereocenters. The van der Waals surface area contributed by atoms with E-state index in [1.807, 2.05) is 0 Å². The van der Waals surface area contributed by atoms with Crippen molar-refractivity contribution in [2.24, 2.45) is 5.92 Å². The molecule has 4 heteroatoms. The van der Waals surface area contributed by atoms with E-state index in [4.69, 9.17) is 0 Å². The largest absolute Gasteiger partial charge is 0.359 e. The summed E-state index contributed by atoms with van der Waals surface area (Å²) in [5, 5.41) is 6.41. The van der Waals surface area contributed by atoms with Gasteiger partial charge in [0.05, 0.1) is 0 Å². The number of carbonyl (C=O) groups excluding carboxylic acids is 1. The number of piperidine rings is 2. The van der Waals surface area contributed by atoms with Crippen LogP contribution in [-0.2, 0) is 4.79 Å². The van der Waals surface area contributed by atoms with Crippen LogP contribution < -0.4 is 10.6 Å². The molecule has 0 aromatic heterocycles. The van der Waals surface area contributed by atoms with Crippen LogP contribution in [0.5, 0.6) is 0 Å². The highest BCUT2D eigenvalue weighted by Gasteiger charge is 2.27. The van der Waals surface area contributed by atoms with Crippen molar-refractivity contribution >= 4 is 5.91 Å². The Hall–Kier alpha value is -0.610. The van der Waals surface area contributed by atoms with Gasteiger partial charge in [-0.1, -0.05) is 6.42 Å². The molecule has 0 spiro atoms. The topological polar surface area (TPSA) is 44.4 Å². The zero-order chi connectivity index (χ0) is 13.7. The van der Waals surface area contributed by atoms with Gasteiger partial charge in [0.15, 0.2) is 0 Å². The summed E-state index contributed by atoms with van der Waals surface area (Å²) >= 11 is 0. The minimum atomic E-state index is 0.223. The number of amides is 1. The first kappa shape index (κ1) is 14.8. The van der Waals surface area contributed by atoms with Gasteiger partial charge in [-0.15, -0.1) is 0 Å². The molecule has 2 unspecified atom stereocenters. The van der Waals surface area contributed by atoms with Gasteiger partial charge in [0.25, 0.3) is 0 Å². The van der Waals surface area contributed by atoms with Crippen LogP contribution in [-0.4, -0.2) is 49.6 Å². The Morgan fingerprint density at radius 1 is 1.32 bits per heavy atom. The molecule has 0 radical (unpaired) electrons. The molecule has 2 aliphatic rings. The Morgan fingerprint density at radius 2 is 2.05 bits per heavy atom. The second-order valence-corrected chi connectivity index (χ2v) is 6.16. The lowest BCUT2D eigenvalue weighted by Gasteiger charge is -2.37. The van der Waals surface area contributed by atoms with Gasteiger partial charge in [-0.3, -0.25) is 4.79 Å². The first-order valence-electron chi connectivity index (χ1n) is 7.89. The molecule has 0 aromatic rings. The standard InChI is InChI=1S/C15H29N3O/c1-12(11-14-5-3-4-8-17-14)18-9-6-13(7-10-18)15(19)16-2/h12-14,17H,3-11H2,1-2H3,(H,16,19). The molecule has 1 amide bonds. The lowest BCUT2D eigenvalue weighted by molar-refractivity contribution is -0.126. The van der Waals surface area contributed by atoms with Crippen molar-refractivity contribution in [3.63, 3.8) is 0 Å². The van der Waals surface area contributed by atoms with Gasteiger partial charge < -0.3 is 15.5 Å². The fourth-order valence-corrected chi connectivity index (χ4v) is 3.49. The lowest BCUT2D eigenvalue weighted by atomic mass is 9.93. The molecule has 2 saturated heterocycles. The normalized spacial score (nSPS) is 28.0. The first-order chi connectivity index (χ1) is 9.20. The predicted molar refractivity (Wildman–Crippen MR) is 78.1 cm³/mol. The van der Waals surface area contributed by atoms with Crippen molar-refractivity contribution in [2.75, 3.05) is 26.7 Å². The summed E-state index contributed by atoms with van der Waals surface area (Å²) in [5.74, 6) is 0.461. The van der Waals surface area contributed by atoms with Crippen LogP contribution in [0, 0.1) is 5.92 Å². The quantitative estimate of drug-likeness (QED) is 0.808. The Bertz CT molecular complexity index is 281. The molecule has 0 bridgehead atoms. The third-order valence-electron chi connectivity index (χ3n) is 4.81. The predicted octanol–water partition coefficient (Wildman–Crippen LogP) is 1.37. The van der Waals surface area contributed by atoms with E-state index >= 15 is 0 Å². The summed E-state index contributed by atoms with van der Waals surface area (Å²) in [7, 11) is 1.74. The van der Waals surface area contributed by atoms with Crippen LogP contribution >= 0.6 is 0 Å². The van der Waals surface area contributed by atoms with E-state index in [9.17, 15) is 4.79 Å². The van der Waals surface area contributed by atoms with E-state index in [0.717, 1.165) is 25.9 Å². The highest BCUT2D eigenvalue weighted by Crippen LogP contribution is 2.22. The van der Waals surface area contributed by atoms with Gasteiger partial charge >= 0.3 is 0 Å². The third-order valence-corrected chi connectivity index (χ3v) is 4.81. The van der Waals surface area contributed by atoms with Crippen LogP contribution in [0.3, 0.4) is 0 Å². The molecule has 2 heterocycles. The van der Waals surface area contributed by atoms with Crippen molar-refractivity contribution in [3.8, 4) is 0 Å². The molecule has 2 fully saturated rings. The van der Waals surface area contributed by atoms with E-state index in [-0.39, 0.29) is 11.8 Å². The summed E-state index contributed by atoms with van der Waals surface area (Å²) < 4.78 is 0. The number of rotatable bonds is 4. The molecule has 110 valence electrons. The maximum Gasteiger partial charge on any atom is 0.222 e. The number of nitrogens with one attached hydrogen (secondary N) is 2. The van der Waals surface area contributed by atoms with Crippen LogP contribution in [0.2, 0.25) is 0 Å². The van der Waals surface area contributed by atoms with Crippen molar-refractivity contribution in [2.45, 2.75) is 57.5 Å². The minimum absolute atomic E-state index is 0.223. The SMILES string of the molecule is CNC(=O)C1CCN(C(C)CC2CCCCN2)CC1. The summed E-state index contributed by atoms with van der Waals surface area (Å²) in [5.41, 5.74) is 0. The molecule has 2 aliphatic heterocycles. The van der Waals surface area contributed by atoms with Gasteiger partial charge in [0.2, 0.25) is 5.91 Å². The summed E-state index contributed by atoms with van der Waals surface area (Å²) in [6.07, 6.45) is 7.33. The van der Waals surface area contributed by atoms with Gasteiger partial charge in [-0.2, -0.15) is 0 Å². The van der Waals surface area contributed by atoms with Gasteiger partial charge in [-0.25, -0.2) is 0 Å². The fourth-order valence-electron chi connectivity index (χ4n) is 3.49. The van der Waals surface area contributed by atoms with Crippen molar-refractivity contribution in [1.82, 2.24) is 15.5 Å². The molecule has 2 rings (SSSR count). The summed E-state index contributed by atoms with van der Waals surface area (Å²) in [4.78, 5) is 14.2. The van der Waals surface area contributed by atoms with E-state index < -0.39 is 0 Å². The highest BCUT2D eigenvalue weighted by atomic mass is 16.1. The third kappa shape index (κ3) is 4.18. The van der Waals surface area contributed by atoms with Crippen LogP contribution in [0.4, 0.5) is 0 Å². The molecule has 2 N–H and O–H groups in total. The van der Waals surface area contributed by atoms with Crippen molar-refractivity contribution in [3.05, 3.63) is 0 Å². The summed E-state index contributed by atoms with van der Waals surface area (Å²) in [6, 6.07) is 1.35. The second kappa shape index (κ2) is 7.25. The Kier molecular flexibility index (Phi) is 5.64. The molecular weight excluding hydrogens is 238 g/mol. The number of likely N-dealkylation sites (tertiary alicyclic amines) is 1. The van der Waals surface area contributed by atoms with Gasteiger partial charge in [0.1, 0.15) is 0 Å². The zero-order valence-corrected chi connectivity index (χ0v) is 12.5. The van der Waals surface area contributed by atoms with Crippen LogP contribution in [0.25, 0.3) is 0 Å². The highest BCUT2D eigenvalue weighted by molar-refractivity contribution is 5.78. The summed E-state index contributed by atoms with van der Waals surface area (Å²) in [6.45, 7) is 5.69. The van der Waals surface area contributed by atoms with E-state index in [1.165, 1.54) is 32.2 Å². The van der Waals surface area contributed by atoms with Crippen molar-refractivity contribution < 1.29 is 4.79 Å². The molecule has 19 heavy (non-hydrogen) atoms. The molecule has 0 saturated carbocycles. The average molecular weight is 267 g/mol. The first-order valence-corrected chi connectivity index (χ1v) is 7.89. The van der Waals surface area contributed by atoms with E-state index in [0.29, 0.717) is 12.1 Å². The molecule has 4 nitrogen and oxygen atoms in total. The average Bonchev–Trinajstić information content (AvgIpc) is 2.47. The monoisotopic (exact) mass is 267 g/mol. The minimum Gasteiger partial charge on any atom is -0.359 e. The lowest BCUT2D eigenvalue weighted by Crippen LogP contribution is -2.46. The maximum absolute atomic E-state index is 11.6. The number of carbonyl (C=O) groups is 1. The van der Waals surface area contributed by atoms with Crippen LogP contribution in [0.1, 0.15) is 45.4 Å². The zero-order valence-electron chi connectivity index (χ0n) is 12.5. The van der Waals surface area contributed by atoms with E-state index in [1.54, 1.807) is 7.05 Å². The fraction of sp³-hybridized carbons (Fsp3) is 0.933.